The van der Waals surface area contributed by atoms with Gasteiger partial charge in [0.25, 0.3) is 0 Å². The SMILES string of the molecule is CCNc1ncccc1CN1CC(=O)NC(=O)C1CC. The smallest absolute Gasteiger partial charge is 0.243 e. The molecule has 0 spiro atoms. The normalized spacial score (nSPS) is 19.8. The van der Waals surface area contributed by atoms with E-state index in [1.807, 2.05) is 30.9 Å². The van der Waals surface area contributed by atoms with Crippen LogP contribution >= 0.6 is 0 Å². The van der Waals surface area contributed by atoms with Crippen molar-refractivity contribution in [1.29, 1.82) is 0 Å². The van der Waals surface area contributed by atoms with Gasteiger partial charge in [-0.05, 0) is 19.4 Å². The number of piperazine rings is 1. The zero-order valence-corrected chi connectivity index (χ0v) is 11.8. The molecule has 1 fully saturated rings. The topological polar surface area (TPSA) is 74.3 Å². The second-order valence-corrected chi connectivity index (χ2v) is 4.78. The molecule has 0 aromatic carbocycles. The van der Waals surface area contributed by atoms with Gasteiger partial charge in [-0.2, -0.15) is 0 Å². The van der Waals surface area contributed by atoms with Gasteiger partial charge in [-0.15, -0.1) is 0 Å². The van der Waals surface area contributed by atoms with Crippen LogP contribution in [0.2, 0.25) is 0 Å². The summed E-state index contributed by atoms with van der Waals surface area (Å²) in [4.78, 5) is 29.6. The average molecular weight is 276 g/mol. The molecule has 6 heteroatoms. The van der Waals surface area contributed by atoms with Gasteiger partial charge in [0.05, 0.1) is 12.6 Å². The first-order chi connectivity index (χ1) is 9.65. The Balaban J connectivity index is 2.18. The molecule has 1 aromatic rings. The van der Waals surface area contributed by atoms with Crippen molar-refractivity contribution in [2.45, 2.75) is 32.9 Å². The number of nitrogens with zero attached hydrogens (tertiary/aromatic N) is 2. The summed E-state index contributed by atoms with van der Waals surface area (Å²) in [6, 6.07) is 3.57. The second-order valence-electron chi connectivity index (χ2n) is 4.78. The van der Waals surface area contributed by atoms with Gasteiger partial charge in [0, 0.05) is 24.8 Å². The maximum absolute atomic E-state index is 11.8. The van der Waals surface area contributed by atoms with E-state index in [1.54, 1.807) is 6.20 Å². The molecule has 108 valence electrons. The summed E-state index contributed by atoms with van der Waals surface area (Å²) in [5.74, 6) is 0.356. The molecule has 2 N–H and O–H groups in total. The molecule has 0 aliphatic carbocycles. The van der Waals surface area contributed by atoms with E-state index in [0.717, 1.165) is 17.9 Å². The van der Waals surface area contributed by atoms with Crippen molar-refractivity contribution in [3.8, 4) is 0 Å². The first-order valence-electron chi connectivity index (χ1n) is 6.91. The maximum atomic E-state index is 11.8. The number of rotatable bonds is 5. The molecular formula is C14H20N4O2. The van der Waals surface area contributed by atoms with Gasteiger partial charge in [0.15, 0.2) is 0 Å². The molecule has 0 bridgehead atoms. The Bertz CT molecular complexity index is 504. The molecule has 2 rings (SSSR count). The minimum atomic E-state index is -0.262. The third-order valence-electron chi connectivity index (χ3n) is 3.35. The molecule has 1 aliphatic heterocycles. The number of carbonyl (C=O) groups is 2. The number of pyridine rings is 1. The molecule has 0 radical (unpaired) electrons. The first-order valence-corrected chi connectivity index (χ1v) is 6.91. The monoisotopic (exact) mass is 276 g/mol. The molecule has 1 aliphatic rings. The van der Waals surface area contributed by atoms with Crippen LogP contribution in [0.25, 0.3) is 0 Å². The van der Waals surface area contributed by atoms with E-state index in [1.165, 1.54) is 0 Å². The third kappa shape index (κ3) is 3.14. The Morgan fingerprint density at radius 3 is 2.95 bits per heavy atom. The highest BCUT2D eigenvalue weighted by atomic mass is 16.2. The lowest BCUT2D eigenvalue weighted by Gasteiger charge is -2.33. The highest BCUT2D eigenvalue weighted by Gasteiger charge is 2.32. The Hall–Kier alpha value is -1.95. The number of carbonyl (C=O) groups excluding carboxylic acids is 2. The molecule has 1 atom stereocenters. The number of anilines is 1. The van der Waals surface area contributed by atoms with Crippen molar-refractivity contribution >= 4 is 17.6 Å². The van der Waals surface area contributed by atoms with Crippen molar-refractivity contribution in [2.75, 3.05) is 18.4 Å². The Labute approximate surface area is 118 Å². The van der Waals surface area contributed by atoms with Crippen LogP contribution in [-0.2, 0) is 16.1 Å². The number of amides is 2. The summed E-state index contributed by atoms with van der Waals surface area (Å²) >= 11 is 0. The van der Waals surface area contributed by atoms with E-state index in [4.69, 9.17) is 0 Å². The third-order valence-corrected chi connectivity index (χ3v) is 3.35. The molecular weight excluding hydrogens is 256 g/mol. The van der Waals surface area contributed by atoms with Gasteiger partial charge in [-0.1, -0.05) is 13.0 Å². The molecule has 1 unspecified atom stereocenters. The average Bonchev–Trinajstić information content (AvgIpc) is 2.41. The standard InChI is InChI=1S/C14H20N4O2/c1-3-11-14(20)17-12(19)9-18(11)8-10-6-5-7-16-13(10)15-4-2/h5-7,11H,3-4,8-9H2,1-2H3,(H,15,16)(H,17,19,20). The highest BCUT2D eigenvalue weighted by Crippen LogP contribution is 2.18. The quantitative estimate of drug-likeness (QED) is 0.776. The van der Waals surface area contributed by atoms with Gasteiger partial charge < -0.3 is 5.32 Å². The van der Waals surface area contributed by atoms with Crippen molar-refractivity contribution in [3.63, 3.8) is 0 Å². The molecule has 1 saturated heterocycles. The predicted octanol–water partition coefficient (Wildman–Crippen LogP) is 0.750. The first kappa shape index (κ1) is 14.5. The second kappa shape index (κ2) is 6.47. The minimum Gasteiger partial charge on any atom is -0.370 e. The van der Waals surface area contributed by atoms with E-state index in [2.05, 4.69) is 15.6 Å². The van der Waals surface area contributed by atoms with Crippen LogP contribution in [0, 0.1) is 0 Å². The van der Waals surface area contributed by atoms with E-state index in [-0.39, 0.29) is 24.4 Å². The van der Waals surface area contributed by atoms with Crippen LogP contribution in [0.5, 0.6) is 0 Å². The lowest BCUT2D eigenvalue weighted by Crippen LogP contribution is -2.57. The van der Waals surface area contributed by atoms with Crippen LogP contribution in [0.3, 0.4) is 0 Å². The Morgan fingerprint density at radius 1 is 1.45 bits per heavy atom. The summed E-state index contributed by atoms with van der Waals surface area (Å²) in [5, 5.41) is 5.58. The minimum absolute atomic E-state index is 0.211. The summed E-state index contributed by atoms with van der Waals surface area (Å²) in [6.07, 6.45) is 2.41. The fourth-order valence-corrected chi connectivity index (χ4v) is 2.44. The molecule has 6 nitrogen and oxygen atoms in total. The molecule has 1 aromatic heterocycles. The zero-order chi connectivity index (χ0) is 14.5. The van der Waals surface area contributed by atoms with Crippen LogP contribution in [0.1, 0.15) is 25.8 Å². The predicted molar refractivity (Wildman–Crippen MR) is 76.0 cm³/mol. The van der Waals surface area contributed by atoms with Crippen molar-refractivity contribution in [2.24, 2.45) is 0 Å². The Morgan fingerprint density at radius 2 is 2.25 bits per heavy atom. The zero-order valence-electron chi connectivity index (χ0n) is 11.8. The summed E-state index contributed by atoms with van der Waals surface area (Å²) in [6.45, 7) is 5.51. The van der Waals surface area contributed by atoms with Crippen LogP contribution in [-0.4, -0.2) is 40.8 Å². The largest absolute Gasteiger partial charge is 0.370 e. The van der Waals surface area contributed by atoms with Gasteiger partial charge in [-0.3, -0.25) is 19.8 Å². The van der Waals surface area contributed by atoms with E-state index in [0.29, 0.717) is 13.0 Å². The van der Waals surface area contributed by atoms with Gasteiger partial charge in [0.2, 0.25) is 11.8 Å². The van der Waals surface area contributed by atoms with Gasteiger partial charge in [0.1, 0.15) is 5.82 Å². The van der Waals surface area contributed by atoms with Crippen LogP contribution in [0.4, 0.5) is 5.82 Å². The molecule has 20 heavy (non-hydrogen) atoms. The van der Waals surface area contributed by atoms with E-state index >= 15 is 0 Å². The van der Waals surface area contributed by atoms with Crippen molar-refractivity contribution in [3.05, 3.63) is 23.9 Å². The van der Waals surface area contributed by atoms with Gasteiger partial charge in [-0.25, -0.2) is 4.98 Å². The lowest BCUT2D eigenvalue weighted by atomic mass is 10.1. The number of hydrogen-bond donors (Lipinski definition) is 2. The van der Waals surface area contributed by atoms with Crippen molar-refractivity contribution < 1.29 is 9.59 Å². The number of aromatic nitrogens is 1. The fourth-order valence-electron chi connectivity index (χ4n) is 2.44. The summed E-state index contributed by atoms with van der Waals surface area (Å²) in [7, 11) is 0. The van der Waals surface area contributed by atoms with E-state index in [9.17, 15) is 9.59 Å². The lowest BCUT2D eigenvalue weighted by molar-refractivity contribution is -0.140. The van der Waals surface area contributed by atoms with Crippen LogP contribution in [0.15, 0.2) is 18.3 Å². The van der Waals surface area contributed by atoms with Crippen molar-refractivity contribution in [1.82, 2.24) is 15.2 Å². The molecule has 2 heterocycles. The fraction of sp³-hybridized carbons (Fsp3) is 0.500. The van der Waals surface area contributed by atoms with Gasteiger partial charge >= 0.3 is 0 Å². The number of imide groups is 1. The number of hydrogen-bond acceptors (Lipinski definition) is 5. The van der Waals surface area contributed by atoms with Crippen LogP contribution < -0.4 is 10.6 Å². The maximum Gasteiger partial charge on any atom is 0.243 e. The number of nitrogens with one attached hydrogen (secondary N) is 2. The molecule has 0 saturated carbocycles. The highest BCUT2D eigenvalue weighted by molar-refractivity contribution is 6.01. The summed E-state index contributed by atoms with van der Waals surface area (Å²) < 4.78 is 0. The molecule has 2 amide bonds. The summed E-state index contributed by atoms with van der Waals surface area (Å²) in [5.41, 5.74) is 0.996. The van der Waals surface area contributed by atoms with E-state index < -0.39 is 0 Å². The Kier molecular flexibility index (Phi) is 4.68.